The number of rotatable bonds is 10. The van der Waals surface area contributed by atoms with E-state index in [0.717, 1.165) is 5.56 Å². The van der Waals surface area contributed by atoms with Crippen molar-refractivity contribution in [2.75, 3.05) is 6.54 Å². The smallest absolute Gasteiger partial charge is 0.407 e. The molecule has 4 N–H and O–H groups in total. The van der Waals surface area contributed by atoms with Gasteiger partial charge in [0.15, 0.2) is 0 Å². The van der Waals surface area contributed by atoms with E-state index in [1.54, 1.807) is 36.4 Å². The molecule has 0 aliphatic rings. The third-order valence-electron chi connectivity index (χ3n) is 4.08. The first-order chi connectivity index (χ1) is 14.3. The second-order valence-corrected chi connectivity index (χ2v) is 7.03. The van der Waals surface area contributed by atoms with Crippen molar-refractivity contribution in [3.63, 3.8) is 0 Å². The molecule has 160 valence electrons. The zero-order chi connectivity index (χ0) is 21.9. The lowest BCUT2D eigenvalue weighted by Gasteiger charge is -2.17. The van der Waals surface area contributed by atoms with Gasteiger partial charge in [-0.3, -0.25) is 4.79 Å². The number of nitrogens with one attached hydrogen (secondary N) is 2. The molecule has 0 fully saturated rings. The summed E-state index contributed by atoms with van der Waals surface area (Å²) < 4.78 is 5.01. The van der Waals surface area contributed by atoms with Crippen molar-refractivity contribution in [1.29, 1.82) is 0 Å². The standard InChI is InChI=1S/C21H23ClN2O6/c22-16-8-4-7-15(9-16)10-18(20(27)28)24-19(26)11-17(25)12-23-21(29)30-13-14-5-2-1-3-6-14/h1-9,17-18,25H,10-13H2,(H,23,29)(H,24,26)(H,27,28)/t17-,18-/m1/s1. The van der Waals surface area contributed by atoms with E-state index in [0.29, 0.717) is 10.6 Å². The van der Waals surface area contributed by atoms with Crippen LogP contribution in [-0.4, -0.2) is 46.9 Å². The molecular formula is C21H23ClN2O6. The van der Waals surface area contributed by atoms with Crippen LogP contribution in [0.4, 0.5) is 4.79 Å². The fraction of sp³-hybridized carbons (Fsp3) is 0.286. The lowest BCUT2D eigenvalue weighted by atomic mass is 10.1. The van der Waals surface area contributed by atoms with Crippen molar-refractivity contribution in [3.05, 3.63) is 70.7 Å². The van der Waals surface area contributed by atoms with Crippen LogP contribution in [0.1, 0.15) is 17.5 Å². The van der Waals surface area contributed by atoms with Gasteiger partial charge in [-0.25, -0.2) is 9.59 Å². The predicted octanol–water partition coefficient (Wildman–Crippen LogP) is 2.13. The molecule has 0 unspecified atom stereocenters. The summed E-state index contributed by atoms with van der Waals surface area (Å²) in [5.74, 6) is -1.86. The molecule has 0 spiro atoms. The van der Waals surface area contributed by atoms with Crippen LogP contribution in [-0.2, 0) is 27.4 Å². The monoisotopic (exact) mass is 434 g/mol. The van der Waals surface area contributed by atoms with Gasteiger partial charge in [-0.1, -0.05) is 54.1 Å². The summed E-state index contributed by atoms with van der Waals surface area (Å²) in [5.41, 5.74) is 1.46. The largest absolute Gasteiger partial charge is 0.480 e. The molecule has 0 radical (unpaired) electrons. The molecule has 0 aromatic heterocycles. The Morgan fingerprint density at radius 3 is 2.40 bits per heavy atom. The molecule has 0 saturated heterocycles. The number of carboxylic acid groups (broad SMARTS) is 1. The molecule has 0 heterocycles. The van der Waals surface area contributed by atoms with Crippen LogP contribution >= 0.6 is 11.6 Å². The highest BCUT2D eigenvalue weighted by Crippen LogP contribution is 2.12. The molecule has 0 aliphatic carbocycles. The second kappa shape index (κ2) is 11.8. The summed E-state index contributed by atoms with van der Waals surface area (Å²) in [6.07, 6.45) is -2.27. The van der Waals surface area contributed by atoms with Crippen LogP contribution in [0.15, 0.2) is 54.6 Å². The van der Waals surface area contributed by atoms with Crippen LogP contribution < -0.4 is 10.6 Å². The fourth-order valence-electron chi connectivity index (χ4n) is 2.61. The average molecular weight is 435 g/mol. The van der Waals surface area contributed by atoms with Gasteiger partial charge in [0, 0.05) is 18.0 Å². The van der Waals surface area contributed by atoms with Crippen molar-refractivity contribution in [1.82, 2.24) is 10.6 Å². The number of aliphatic hydroxyl groups is 1. The number of ether oxygens (including phenoxy) is 1. The zero-order valence-electron chi connectivity index (χ0n) is 16.1. The van der Waals surface area contributed by atoms with Crippen molar-refractivity contribution in [2.24, 2.45) is 0 Å². The number of amides is 2. The second-order valence-electron chi connectivity index (χ2n) is 6.59. The highest BCUT2D eigenvalue weighted by molar-refractivity contribution is 6.30. The van der Waals surface area contributed by atoms with Gasteiger partial charge in [0.25, 0.3) is 0 Å². The van der Waals surface area contributed by atoms with Crippen LogP contribution in [0.25, 0.3) is 0 Å². The van der Waals surface area contributed by atoms with Gasteiger partial charge in [0.05, 0.1) is 12.5 Å². The molecule has 8 nitrogen and oxygen atoms in total. The van der Waals surface area contributed by atoms with Crippen LogP contribution in [0.2, 0.25) is 5.02 Å². The molecule has 0 saturated carbocycles. The molecule has 2 atom stereocenters. The third kappa shape index (κ3) is 8.50. The Labute approximate surface area is 178 Å². The number of alkyl carbamates (subject to hydrolysis) is 1. The minimum absolute atomic E-state index is 0.0434. The van der Waals surface area contributed by atoms with E-state index in [-0.39, 0.29) is 26.0 Å². The number of hydrogen-bond donors (Lipinski definition) is 4. The van der Waals surface area contributed by atoms with Gasteiger partial charge in [0.2, 0.25) is 5.91 Å². The number of carbonyl (C=O) groups is 3. The van der Waals surface area contributed by atoms with Crippen LogP contribution in [0, 0.1) is 0 Å². The Kier molecular flexibility index (Phi) is 9.11. The van der Waals surface area contributed by atoms with E-state index in [1.807, 2.05) is 18.2 Å². The highest BCUT2D eigenvalue weighted by Gasteiger charge is 2.22. The average Bonchev–Trinajstić information content (AvgIpc) is 2.71. The maximum absolute atomic E-state index is 12.1. The zero-order valence-corrected chi connectivity index (χ0v) is 16.8. The number of carboxylic acids is 1. The fourth-order valence-corrected chi connectivity index (χ4v) is 2.83. The van der Waals surface area contributed by atoms with Gasteiger partial charge in [-0.05, 0) is 23.3 Å². The lowest BCUT2D eigenvalue weighted by Crippen LogP contribution is -2.44. The molecule has 2 amide bonds. The summed E-state index contributed by atoms with van der Waals surface area (Å²) >= 11 is 5.89. The summed E-state index contributed by atoms with van der Waals surface area (Å²) in [5, 5.41) is 24.5. The molecule has 9 heteroatoms. The maximum atomic E-state index is 12.1. The number of halogens is 1. The maximum Gasteiger partial charge on any atom is 0.407 e. The van der Waals surface area contributed by atoms with Gasteiger partial charge in [0.1, 0.15) is 12.6 Å². The van der Waals surface area contributed by atoms with E-state index in [4.69, 9.17) is 16.3 Å². The topological polar surface area (TPSA) is 125 Å². The number of carbonyl (C=O) groups excluding carboxylic acids is 2. The van der Waals surface area contributed by atoms with Crippen LogP contribution in [0.3, 0.4) is 0 Å². The predicted molar refractivity (Wildman–Crippen MR) is 110 cm³/mol. The Balaban J connectivity index is 1.73. The lowest BCUT2D eigenvalue weighted by molar-refractivity contribution is -0.142. The molecule has 2 aromatic carbocycles. The Morgan fingerprint density at radius 2 is 1.73 bits per heavy atom. The van der Waals surface area contributed by atoms with Gasteiger partial charge >= 0.3 is 12.1 Å². The Hall–Kier alpha value is -3.10. The van der Waals surface area contributed by atoms with Crippen LogP contribution in [0.5, 0.6) is 0 Å². The van der Waals surface area contributed by atoms with Crippen molar-refractivity contribution < 1.29 is 29.3 Å². The number of benzene rings is 2. The van der Waals surface area contributed by atoms with E-state index in [1.165, 1.54) is 0 Å². The normalized spacial score (nSPS) is 12.5. The molecular weight excluding hydrogens is 412 g/mol. The minimum Gasteiger partial charge on any atom is -0.480 e. The van der Waals surface area contributed by atoms with E-state index in [2.05, 4.69) is 10.6 Å². The SMILES string of the molecule is O=C(C[C@@H](O)CNC(=O)OCc1ccccc1)N[C@H](Cc1cccc(Cl)c1)C(=O)O. The summed E-state index contributed by atoms with van der Waals surface area (Å²) in [6, 6.07) is 14.6. The summed E-state index contributed by atoms with van der Waals surface area (Å²) in [6.45, 7) is -0.139. The van der Waals surface area contributed by atoms with Gasteiger partial charge in [-0.15, -0.1) is 0 Å². The molecule has 0 bridgehead atoms. The summed E-state index contributed by atoms with van der Waals surface area (Å²) in [4.78, 5) is 35.2. The third-order valence-corrected chi connectivity index (χ3v) is 4.31. The Morgan fingerprint density at radius 1 is 1.03 bits per heavy atom. The van der Waals surface area contributed by atoms with Gasteiger partial charge in [-0.2, -0.15) is 0 Å². The van der Waals surface area contributed by atoms with Crippen molar-refractivity contribution in [2.45, 2.75) is 31.6 Å². The quantitative estimate of drug-likeness (QED) is 0.454. The molecule has 2 aromatic rings. The van der Waals surface area contributed by atoms with E-state index in [9.17, 15) is 24.6 Å². The molecule has 30 heavy (non-hydrogen) atoms. The van der Waals surface area contributed by atoms with E-state index >= 15 is 0 Å². The molecule has 2 rings (SSSR count). The first-order valence-electron chi connectivity index (χ1n) is 9.22. The first kappa shape index (κ1) is 23.2. The highest BCUT2D eigenvalue weighted by atomic mass is 35.5. The Bertz CT molecular complexity index is 862. The van der Waals surface area contributed by atoms with Gasteiger partial charge < -0.3 is 25.6 Å². The number of aliphatic carboxylic acids is 1. The van der Waals surface area contributed by atoms with Crippen molar-refractivity contribution >= 4 is 29.6 Å². The van der Waals surface area contributed by atoms with E-state index < -0.39 is 30.1 Å². The number of aliphatic hydroxyl groups excluding tert-OH is 1. The summed E-state index contributed by atoms with van der Waals surface area (Å²) in [7, 11) is 0. The first-order valence-corrected chi connectivity index (χ1v) is 9.60. The van der Waals surface area contributed by atoms with Crippen molar-refractivity contribution in [3.8, 4) is 0 Å². The molecule has 0 aliphatic heterocycles. The minimum atomic E-state index is -1.21. The number of hydrogen-bond acceptors (Lipinski definition) is 5.